The van der Waals surface area contributed by atoms with Crippen molar-refractivity contribution in [2.75, 3.05) is 6.54 Å². The third-order valence-electron chi connectivity index (χ3n) is 3.95. The molecular weight excluding hydrogens is 324 g/mol. The van der Waals surface area contributed by atoms with Crippen LogP contribution in [0, 0.1) is 4.77 Å². The van der Waals surface area contributed by atoms with Crippen LogP contribution in [0.4, 0.5) is 0 Å². The molecule has 0 aliphatic heterocycles. The molecule has 2 heterocycles. The van der Waals surface area contributed by atoms with Gasteiger partial charge in [-0.25, -0.2) is 9.67 Å². The molecule has 0 bridgehead atoms. The average molecular weight is 344 g/mol. The van der Waals surface area contributed by atoms with Gasteiger partial charge in [0.15, 0.2) is 4.77 Å². The number of aromatic amines is 1. The molecule has 126 valence electrons. The molecule has 0 unspecified atom stereocenters. The zero-order valence-corrected chi connectivity index (χ0v) is 14.6. The fraction of sp³-hybridized carbons (Fsp3) is 0.375. The Balaban J connectivity index is 1.84. The number of para-hydroxylation sites is 1. The summed E-state index contributed by atoms with van der Waals surface area (Å²) in [5.74, 6) is 0.641. The topological polar surface area (TPSA) is 71.7 Å². The molecule has 1 aromatic carbocycles. The number of H-pyrrole nitrogens is 1. The van der Waals surface area contributed by atoms with Crippen molar-refractivity contribution in [3.8, 4) is 0 Å². The number of rotatable bonds is 6. The maximum Gasteiger partial charge on any atom is 0.258 e. The Hall–Kier alpha value is -2.32. The fourth-order valence-electron chi connectivity index (χ4n) is 2.56. The van der Waals surface area contributed by atoms with Gasteiger partial charge in [-0.05, 0) is 37.8 Å². The number of aryl methyl sites for hydroxylation is 1. The molecule has 0 spiro atoms. The number of fused-ring (bicyclic) bond motifs is 1. The predicted octanol–water partition coefficient (Wildman–Crippen LogP) is 2.15. The van der Waals surface area contributed by atoms with Gasteiger partial charge in [-0.3, -0.25) is 9.69 Å². The smallest absolute Gasteiger partial charge is 0.258 e. The summed E-state index contributed by atoms with van der Waals surface area (Å²) < 4.78 is 4.39. The van der Waals surface area contributed by atoms with Gasteiger partial charge in [-0.15, -0.1) is 0 Å². The van der Waals surface area contributed by atoms with E-state index in [1.54, 1.807) is 17.1 Å². The lowest BCUT2D eigenvalue weighted by atomic mass is 10.2. The van der Waals surface area contributed by atoms with Gasteiger partial charge in [-0.1, -0.05) is 19.1 Å². The Labute approximate surface area is 144 Å². The summed E-state index contributed by atoms with van der Waals surface area (Å²) in [5.41, 5.74) is 0.595. The minimum atomic E-state index is -0.112. The average Bonchev–Trinajstić information content (AvgIpc) is 2.94. The maximum absolute atomic E-state index is 12.2. The van der Waals surface area contributed by atoms with E-state index in [9.17, 15) is 4.79 Å². The van der Waals surface area contributed by atoms with Gasteiger partial charge >= 0.3 is 0 Å². The quantitative estimate of drug-likeness (QED) is 0.694. The summed E-state index contributed by atoms with van der Waals surface area (Å²) in [6, 6.07) is 7.35. The van der Waals surface area contributed by atoms with E-state index in [1.807, 2.05) is 29.7 Å². The highest BCUT2D eigenvalue weighted by molar-refractivity contribution is 7.71. The molecule has 24 heavy (non-hydrogen) atoms. The molecule has 0 amide bonds. The Morgan fingerprint density at radius 3 is 2.79 bits per heavy atom. The van der Waals surface area contributed by atoms with Crippen molar-refractivity contribution < 1.29 is 0 Å². The lowest BCUT2D eigenvalue weighted by molar-refractivity contribution is 0.202. The second-order valence-electron chi connectivity index (χ2n) is 5.52. The Morgan fingerprint density at radius 1 is 1.29 bits per heavy atom. The normalized spacial score (nSPS) is 11.5. The minimum Gasteiger partial charge on any atom is -0.309 e. The maximum atomic E-state index is 12.2. The monoisotopic (exact) mass is 344 g/mol. The van der Waals surface area contributed by atoms with Crippen LogP contribution in [-0.4, -0.2) is 35.8 Å². The molecular formula is C16H20N6OS. The summed E-state index contributed by atoms with van der Waals surface area (Å²) in [7, 11) is 0. The first-order valence-corrected chi connectivity index (χ1v) is 8.35. The molecule has 0 radical (unpaired) electrons. The van der Waals surface area contributed by atoms with Gasteiger partial charge in [0.05, 0.1) is 24.1 Å². The number of hydrogen-bond acceptors (Lipinski definition) is 5. The van der Waals surface area contributed by atoms with E-state index in [4.69, 9.17) is 12.2 Å². The summed E-state index contributed by atoms with van der Waals surface area (Å²) in [5, 5.41) is 4.93. The number of hydrogen-bond donors (Lipinski definition) is 1. The summed E-state index contributed by atoms with van der Waals surface area (Å²) in [6.07, 6.45) is 1.74. The first-order chi connectivity index (χ1) is 11.6. The summed E-state index contributed by atoms with van der Waals surface area (Å²) in [6.45, 7) is 6.75. The molecule has 0 atom stereocenters. The SMILES string of the molecule is CCN(Cc1nc2ccccc2c(=O)[nH]1)Cn1ncn(CC)c1=S. The van der Waals surface area contributed by atoms with Crippen molar-refractivity contribution in [2.24, 2.45) is 0 Å². The van der Waals surface area contributed by atoms with Gasteiger partial charge < -0.3 is 9.55 Å². The fourth-order valence-corrected chi connectivity index (χ4v) is 2.84. The number of nitrogens with zero attached hydrogens (tertiary/aromatic N) is 5. The highest BCUT2D eigenvalue weighted by Gasteiger charge is 2.10. The zero-order valence-electron chi connectivity index (χ0n) is 13.8. The van der Waals surface area contributed by atoms with Crippen LogP contribution in [0.3, 0.4) is 0 Å². The van der Waals surface area contributed by atoms with Crippen LogP contribution in [0.15, 0.2) is 35.4 Å². The van der Waals surface area contributed by atoms with Crippen molar-refractivity contribution in [3.05, 3.63) is 51.5 Å². The molecule has 0 aliphatic carbocycles. The molecule has 3 aromatic rings. The van der Waals surface area contributed by atoms with Gasteiger partial charge in [0.2, 0.25) is 0 Å². The van der Waals surface area contributed by atoms with Crippen molar-refractivity contribution in [1.29, 1.82) is 0 Å². The van der Waals surface area contributed by atoms with Gasteiger partial charge in [0.1, 0.15) is 12.2 Å². The van der Waals surface area contributed by atoms with Crippen LogP contribution in [0.25, 0.3) is 10.9 Å². The Morgan fingerprint density at radius 2 is 2.08 bits per heavy atom. The largest absolute Gasteiger partial charge is 0.309 e. The molecule has 0 fully saturated rings. The Bertz CT molecular complexity index is 957. The van der Waals surface area contributed by atoms with Crippen LogP contribution in [0.5, 0.6) is 0 Å². The molecule has 0 aliphatic rings. The summed E-state index contributed by atoms with van der Waals surface area (Å²) >= 11 is 5.40. The molecule has 2 aromatic heterocycles. The van der Waals surface area contributed by atoms with Crippen molar-refractivity contribution >= 4 is 23.1 Å². The highest BCUT2D eigenvalue weighted by Crippen LogP contribution is 2.08. The van der Waals surface area contributed by atoms with E-state index in [0.29, 0.717) is 34.7 Å². The van der Waals surface area contributed by atoms with Crippen LogP contribution >= 0.6 is 12.2 Å². The second kappa shape index (κ2) is 7.06. The molecule has 1 N–H and O–H groups in total. The van der Waals surface area contributed by atoms with E-state index in [1.165, 1.54) is 0 Å². The number of nitrogens with one attached hydrogen (secondary N) is 1. The van der Waals surface area contributed by atoms with Crippen LogP contribution in [0.2, 0.25) is 0 Å². The molecule has 0 saturated heterocycles. The highest BCUT2D eigenvalue weighted by atomic mass is 32.1. The van der Waals surface area contributed by atoms with Crippen LogP contribution in [0.1, 0.15) is 19.7 Å². The molecule has 7 nitrogen and oxygen atoms in total. The van der Waals surface area contributed by atoms with E-state index < -0.39 is 0 Å². The standard InChI is InChI=1S/C16H20N6OS/c1-3-20(11-22-16(24)21(4-2)10-17-22)9-14-18-13-8-6-5-7-12(13)15(23)19-14/h5-8,10H,3-4,9,11H2,1-2H3,(H,18,19,23). The number of benzene rings is 1. The molecule has 0 saturated carbocycles. The Kier molecular flexibility index (Phi) is 4.86. The zero-order chi connectivity index (χ0) is 17.1. The van der Waals surface area contributed by atoms with E-state index in [0.717, 1.165) is 13.1 Å². The van der Waals surface area contributed by atoms with Crippen molar-refractivity contribution in [1.82, 2.24) is 29.2 Å². The number of aromatic nitrogens is 5. The predicted molar refractivity (Wildman–Crippen MR) is 95.2 cm³/mol. The summed E-state index contributed by atoms with van der Waals surface area (Å²) in [4.78, 5) is 21.7. The van der Waals surface area contributed by atoms with Gasteiger partial charge in [0, 0.05) is 6.54 Å². The minimum absolute atomic E-state index is 0.112. The van der Waals surface area contributed by atoms with E-state index >= 15 is 0 Å². The lowest BCUT2D eigenvalue weighted by Gasteiger charge is -2.19. The van der Waals surface area contributed by atoms with Crippen LogP contribution in [-0.2, 0) is 19.8 Å². The molecule has 8 heteroatoms. The first kappa shape index (κ1) is 16.5. The van der Waals surface area contributed by atoms with E-state index in [-0.39, 0.29) is 5.56 Å². The lowest BCUT2D eigenvalue weighted by Crippen LogP contribution is -2.28. The second-order valence-corrected chi connectivity index (χ2v) is 5.88. The van der Waals surface area contributed by atoms with Crippen molar-refractivity contribution in [2.45, 2.75) is 33.6 Å². The third kappa shape index (κ3) is 3.29. The van der Waals surface area contributed by atoms with Crippen LogP contribution < -0.4 is 5.56 Å². The van der Waals surface area contributed by atoms with Gasteiger partial charge in [0.25, 0.3) is 5.56 Å². The first-order valence-electron chi connectivity index (χ1n) is 7.95. The molecule has 3 rings (SSSR count). The van der Waals surface area contributed by atoms with E-state index in [2.05, 4.69) is 26.9 Å². The van der Waals surface area contributed by atoms with Gasteiger partial charge in [-0.2, -0.15) is 5.10 Å². The third-order valence-corrected chi connectivity index (χ3v) is 4.40. The van der Waals surface area contributed by atoms with Crippen molar-refractivity contribution in [3.63, 3.8) is 0 Å².